The van der Waals surface area contributed by atoms with E-state index in [1.165, 1.54) is 13.0 Å². The van der Waals surface area contributed by atoms with Gasteiger partial charge in [0.05, 0.1) is 0 Å². The van der Waals surface area contributed by atoms with Crippen LogP contribution in [-0.2, 0) is 9.59 Å². The molecule has 0 unspecified atom stereocenters. The normalized spacial score (nSPS) is 15.3. The van der Waals surface area contributed by atoms with Crippen molar-refractivity contribution in [3.8, 4) is 0 Å². The monoisotopic (exact) mass is 215 g/mol. The van der Waals surface area contributed by atoms with Crippen molar-refractivity contribution in [2.24, 2.45) is 10.9 Å². The van der Waals surface area contributed by atoms with Crippen molar-refractivity contribution >= 4 is 11.9 Å². The summed E-state index contributed by atoms with van der Waals surface area (Å²) in [4.78, 5) is 31.8. The molecule has 15 heavy (non-hydrogen) atoms. The number of carboxylic acid groups (broad SMARTS) is 1. The highest BCUT2D eigenvalue weighted by Crippen LogP contribution is 1.97. The van der Waals surface area contributed by atoms with E-state index in [1.54, 1.807) is 6.92 Å². The summed E-state index contributed by atoms with van der Waals surface area (Å²) in [5.74, 6) is -2.00. The zero-order valence-corrected chi connectivity index (χ0v) is 8.43. The highest BCUT2D eigenvalue weighted by Gasteiger charge is 2.27. The number of carboxylic acids is 1. The fourth-order valence-corrected chi connectivity index (χ4v) is 0.739. The number of allylic oxidation sites excluding steroid dienone is 1. The van der Waals surface area contributed by atoms with Gasteiger partial charge < -0.3 is 16.2 Å². The Morgan fingerprint density at radius 3 is 2.40 bits per heavy atom. The Balaban J connectivity index is 4.47. The summed E-state index contributed by atoms with van der Waals surface area (Å²) in [6, 6.07) is -1.68. The summed E-state index contributed by atoms with van der Waals surface area (Å²) in [6.07, 6.45) is 0.203. The Kier molecular flexibility index (Phi) is 5.18. The first-order chi connectivity index (χ1) is 6.93. The molecule has 0 heterocycles. The second-order valence-corrected chi connectivity index (χ2v) is 2.86. The van der Waals surface area contributed by atoms with Gasteiger partial charge in [-0.25, -0.2) is 4.79 Å². The number of aliphatic carboxylic acids is 1. The van der Waals surface area contributed by atoms with Crippen LogP contribution in [0.2, 0.25) is 0 Å². The number of carbonyl (C=O) groups excluding carboxylic acids is 1. The minimum Gasteiger partial charge on any atom is -0.479 e. The number of hydrogen-bond acceptors (Lipinski definition) is 5. The van der Waals surface area contributed by atoms with Gasteiger partial charge in [-0.1, -0.05) is 11.3 Å². The third-order valence-electron chi connectivity index (χ3n) is 1.80. The molecule has 0 aromatic heterocycles. The maximum atomic E-state index is 11.2. The maximum absolute atomic E-state index is 11.2. The van der Waals surface area contributed by atoms with E-state index < -0.39 is 24.1 Å². The van der Waals surface area contributed by atoms with E-state index in [4.69, 9.17) is 10.8 Å². The Morgan fingerprint density at radius 1 is 1.53 bits per heavy atom. The van der Waals surface area contributed by atoms with Crippen LogP contribution in [0, 0.1) is 4.91 Å². The number of amides is 1. The van der Waals surface area contributed by atoms with E-state index >= 15 is 0 Å². The van der Waals surface area contributed by atoms with Crippen LogP contribution in [0.5, 0.6) is 0 Å². The van der Waals surface area contributed by atoms with Gasteiger partial charge in [-0.2, -0.15) is 0 Å². The Morgan fingerprint density at radius 2 is 2.07 bits per heavy atom. The predicted molar refractivity (Wildman–Crippen MR) is 52.8 cm³/mol. The Hall–Kier alpha value is -1.76. The number of hydrogen-bond donors (Lipinski definition) is 3. The molecule has 0 bridgehead atoms. The molecule has 0 aliphatic carbocycles. The first-order valence-electron chi connectivity index (χ1n) is 4.18. The lowest BCUT2D eigenvalue weighted by atomic mass is 10.2. The molecule has 0 aliphatic heterocycles. The standard InChI is InChI=1S/C8H13N3O4/c1-3-4(2)7(12)10-6(9)5(11-15)8(13)14/h3,5-6H,9H2,1-2H3,(H,10,12)(H,13,14)/b4-3+/t5-,6-/m1/s1. The lowest BCUT2D eigenvalue weighted by molar-refractivity contribution is -0.139. The zero-order valence-electron chi connectivity index (χ0n) is 8.43. The van der Waals surface area contributed by atoms with Gasteiger partial charge in [0.25, 0.3) is 0 Å². The topological polar surface area (TPSA) is 122 Å². The molecule has 0 fully saturated rings. The van der Waals surface area contributed by atoms with Crippen LogP contribution in [0.1, 0.15) is 13.8 Å². The number of carbonyl (C=O) groups is 2. The summed E-state index contributed by atoms with van der Waals surface area (Å²) in [7, 11) is 0. The largest absolute Gasteiger partial charge is 0.479 e. The van der Waals surface area contributed by atoms with E-state index in [0.29, 0.717) is 5.57 Å². The first kappa shape index (κ1) is 13.2. The van der Waals surface area contributed by atoms with Crippen molar-refractivity contribution in [1.29, 1.82) is 0 Å². The summed E-state index contributed by atoms with van der Waals surface area (Å²) in [5.41, 5.74) is 5.66. The van der Waals surface area contributed by atoms with Crippen molar-refractivity contribution in [3.63, 3.8) is 0 Å². The molecule has 0 saturated heterocycles. The number of nitroso groups, excluding NO2 is 1. The van der Waals surface area contributed by atoms with Crippen molar-refractivity contribution in [2.45, 2.75) is 26.1 Å². The van der Waals surface area contributed by atoms with Gasteiger partial charge in [-0.15, -0.1) is 4.91 Å². The summed E-state index contributed by atoms with van der Waals surface area (Å²) >= 11 is 0. The van der Waals surface area contributed by atoms with Crippen LogP contribution < -0.4 is 11.1 Å². The molecule has 0 aliphatic rings. The average Bonchev–Trinajstić information content (AvgIpc) is 2.16. The summed E-state index contributed by atoms with van der Waals surface area (Å²) in [5, 5.41) is 13.0. The molecule has 0 rings (SSSR count). The van der Waals surface area contributed by atoms with Gasteiger partial charge in [0.2, 0.25) is 11.9 Å². The fourth-order valence-electron chi connectivity index (χ4n) is 0.739. The van der Waals surface area contributed by atoms with Crippen LogP contribution in [0.3, 0.4) is 0 Å². The summed E-state index contributed by atoms with van der Waals surface area (Å²) < 4.78 is 0. The van der Waals surface area contributed by atoms with Crippen LogP contribution in [0.4, 0.5) is 0 Å². The molecule has 0 aromatic carbocycles. The fraction of sp³-hybridized carbons (Fsp3) is 0.500. The number of rotatable bonds is 5. The molecule has 7 heteroatoms. The smallest absolute Gasteiger partial charge is 0.335 e. The maximum Gasteiger partial charge on any atom is 0.335 e. The molecular formula is C8H13N3O4. The van der Waals surface area contributed by atoms with Crippen molar-refractivity contribution < 1.29 is 14.7 Å². The van der Waals surface area contributed by atoms with Gasteiger partial charge in [-0.05, 0) is 13.8 Å². The zero-order chi connectivity index (χ0) is 12.0. The van der Waals surface area contributed by atoms with E-state index in [1.807, 2.05) is 0 Å². The SMILES string of the molecule is C/C=C(\C)C(=O)N[C@@H](N)[C@@H](N=O)C(=O)O. The Labute approximate surface area is 86.3 Å². The van der Waals surface area contributed by atoms with Gasteiger partial charge in [0.1, 0.15) is 6.17 Å². The average molecular weight is 215 g/mol. The van der Waals surface area contributed by atoms with Crippen LogP contribution in [-0.4, -0.2) is 29.2 Å². The predicted octanol–water partition coefficient (Wildman–Crippen LogP) is -0.427. The van der Waals surface area contributed by atoms with Crippen LogP contribution in [0.15, 0.2) is 16.8 Å². The summed E-state index contributed by atoms with van der Waals surface area (Å²) in [6.45, 7) is 3.18. The van der Waals surface area contributed by atoms with Gasteiger partial charge in [0, 0.05) is 5.57 Å². The molecule has 0 radical (unpaired) electrons. The molecule has 84 valence electrons. The molecule has 1 amide bonds. The molecule has 0 saturated carbocycles. The van der Waals surface area contributed by atoms with Crippen LogP contribution in [0.25, 0.3) is 0 Å². The molecule has 0 spiro atoms. The quantitative estimate of drug-likeness (QED) is 0.326. The van der Waals surface area contributed by atoms with E-state index in [0.717, 1.165) is 0 Å². The lowest BCUT2D eigenvalue weighted by Gasteiger charge is -2.15. The molecule has 4 N–H and O–H groups in total. The van der Waals surface area contributed by atoms with Crippen molar-refractivity contribution in [1.82, 2.24) is 5.32 Å². The number of nitrogens with zero attached hydrogens (tertiary/aromatic N) is 1. The molecule has 7 nitrogen and oxygen atoms in total. The second kappa shape index (κ2) is 5.86. The molecule has 2 atom stereocenters. The van der Waals surface area contributed by atoms with E-state index in [9.17, 15) is 14.5 Å². The third-order valence-corrected chi connectivity index (χ3v) is 1.80. The van der Waals surface area contributed by atoms with Gasteiger partial charge >= 0.3 is 5.97 Å². The molecular weight excluding hydrogens is 202 g/mol. The lowest BCUT2D eigenvalue weighted by Crippen LogP contribution is -2.52. The van der Waals surface area contributed by atoms with Crippen molar-refractivity contribution in [3.05, 3.63) is 16.6 Å². The second-order valence-electron chi connectivity index (χ2n) is 2.86. The molecule has 0 aromatic rings. The highest BCUT2D eigenvalue weighted by molar-refractivity contribution is 5.93. The van der Waals surface area contributed by atoms with Crippen molar-refractivity contribution in [2.75, 3.05) is 0 Å². The van der Waals surface area contributed by atoms with E-state index in [2.05, 4.69) is 10.5 Å². The number of nitrogens with one attached hydrogen (secondary N) is 1. The Bertz CT molecular complexity index is 300. The van der Waals surface area contributed by atoms with Gasteiger partial charge in [-0.3, -0.25) is 4.79 Å². The number of nitrogens with two attached hydrogens (primary N) is 1. The third kappa shape index (κ3) is 3.86. The first-order valence-corrected chi connectivity index (χ1v) is 4.18. The minimum atomic E-state index is -1.68. The van der Waals surface area contributed by atoms with Gasteiger partial charge in [0.15, 0.2) is 0 Å². The minimum absolute atomic E-state index is 0.375. The van der Waals surface area contributed by atoms with Crippen LogP contribution >= 0.6 is 0 Å². The van der Waals surface area contributed by atoms with E-state index in [-0.39, 0.29) is 0 Å². The highest BCUT2D eigenvalue weighted by atomic mass is 16.4.